The largest absolute Gasteiger partial charge is 0.477 e. The molecule has 3 nitrogen and oxygen atoms in total. The van der Waals surface area contributed by atoms with Gasteiger partial charge in [-0.15, -0.1) is 0 Å². The summed E-state index contributed by atoms with van der Waals surface area (Å²) in [7, 11) is 0. The molecular weight excluding hydrogens is 341 g/mol. The van der Waals surface area contributed by atoms with E-state index in [0.717, 1.165) is 14.8 Å². The Labute approximate surface area is 120 Å². The zero-order valence-corrected chi connectivity index (χ0v) is 12.4. The van der Waals surface area contributed by atoms with Crippen molar-refractivity contribution in [3.05, 3.63) is 45.7 Å². The molecule has 2 aromatic rings. The number of aromatic nitrogens is 1. The summed E-state index contributed by atoms with van der Waals surface area (Å²) >= 11 is 2.25. The maximum atomic E-state index is 11.2. The maximum Gasteiger partial charge on any atom is 0.352 e. The van der Waals surface area contributed by atoms with Crippen molar-refractivity contribution in [3.63, 3.8) is 0 Å². The summed E-state index contributed by atoms with van der Waals surface area (Å²) in [4.78, 5) is 11.2. The zero-order valence-electron chi connectivity index (χ0n) is 10.2. The van der Waals surface area contributed by atoms with Gasteiger partial charge in [-0.2, -0.15) is 0 Å². The van der Waals surface area contributed by atoms with Crippen molar-refractivity contribution in [1.29, 1.82) is 0 Å². The maximum absolute atomic E-state index is 11.2. The molecule has 0 fully saturated rings. The van der Waals surface area contributed by atoms with E-state index in [1.54, 1.807) is 6.07 Å². The van der Waals surface area contributed by atoms with Gasteiger partial charge in [0.05, 0.1) is 0 Å². The van der Waals surface area contributed by atoms with Gasteiger partial charge in [0, 0.05) is 15.3 Å². The first-order valence-electron chi connectivity index (χ1n) is 5.71. The molecule has 2 rings (SSSR count). The van der Waals surface area contributed by atoms with Gasteiger partial charge in [0.25, 0.3) is 0 Å². The van der Waals surface area contributed by atoms with Crippen LogP contribution in [0.1, 0.15) is 30.4 Å². The lowest BCUT2D eigenvalue weighted by Crippen LogP contribution is -2.11. The fraction of sp³-hybridized carbons (Fsp3) is 0.214. The van der Waals surface area contributed by atoms with Gasteiger partial charge < -0.3 is 9.67 Å². The highest BCUT2D eigenvalue weighted by atomic mass is 127. The molecule has 1 aromatic carbocycles. The molecule has 0 amide bonds. The van der Waals surface area contributed by atoms with E-state index in [9.17, 15) is 9.90 Å². The number of hydrogen-bond acceptors (Lipinski definition) is 1. The van der Waals surface area contributed by atoms with Crippen molar-refractivity contribution < 1.29 is 9.90 Å². The number of carboxylic acid groups (broad SMARTS) is 1. The van der Waals surface area contributed by atoms with E-state index in [2.05, 4.69) is 22.6 Å². The number of halogens is 1. The van der Waals surface area contributed by atoms with Crippen LogP contribution in [0.5, 0.6) is 0 Å². The van der Waals surface area contributed by atoms with Crippen LogP contribution in [-0.4, -0.2) is 15.6 Å². The third kappa shape index (κ3) is 2.43. The van der Waals surface area contributed by atoms with E-state index in [-0.39, 0.29) is 6.04 Å². The standard InChI is InChI=1S/C14H14INO2/c1-9(2)16-12(7-8-13(16)14(17)18)10-3-5-11(15)6-4-10/h3-9H,1-2H3,(H,17,18). The molecular formula is C14H14INO2. The monoisotopic (exact) mass is 355 g/mol. The summed E-state index contributed by atoms with van der Waals surface area (Å²) in [5, 5.41) is 9.20. The van der Waals surface area contributed by atoms with Crippen molar-refractivity contribution in [2.24, 2.45) is 0 Å². The van der Waals surface area contributed by atoms with Crippen LogP contribution in [0.15, 0.2) is 36.4 Å². The first-order valence-corrected chi connectivity index (χ1v) is 6.79. The smallest absolute Gasteiger partial charge is 0.352 e. The predicted octanol–water partition coefficient (Wildman–Crippen LogP) is 4.04. The van der Waals surface area contributed by atoms with Crippen molar-refractivity contribution in [3.8, 4) is 11.3 Å². The van der Waals surface area contributed by atoms with Crippen molar-refractivity contribution in [2.75, 3.05) is 0 Å². The Kier molecular flexibility index (Phi) is 3.75. The second-order valence-corrected chi connectivity index (χ2v) is 5.63. The van der Waals surface area contributed by atoms with Crippen molar-refractivity contribution >= 4 is 28.6 Å². The Balaban J connectivity index is 2.57. The van der Waals surface area contributed by atoms with Gasteiger partial charge in [0.1, 0.15) is 5.69 Å². The number of rotatable bonds is 3. The Morgan fingerprint density at radius 2 is 1.78 bits per heavy atom. The summed E-state index contributed by atoms with van der Waals surface area (Å²) < 4.78 is 3.02. The summed E-state index contributed by atoms with van der Waals surface area (Å²) in [6.07, 6.45) is 0. The van der Waals surface area contributed by atoms with Gasteiger partial charge in [-0.3, -0.25) is 0 Å². The molecule has 0 radical (unpaired) electrons. The molecule has 18 heavy (non-hydrogen) atoms. The van der Waals surface area contributed by atoms with Gasteiger partial charge in [0.2, 0.25) is 0 Å². The highest BCUT2D eigenvalue weighted by Crippen LogP contribution is 2.27. The lowest BCUT2D eigenvalue weighted by molar-refractivity contribution is 0.0683. The molecule has 94 valence electrons. The van der Waals surface area contributed by atoms with Gasteiger partial charge in [0.15, 0.2) is 0 Å². The Hall–Kier alpha value is -1.30. The molecule has 0 saturated carbocycles. The van der Waals surface area contributed by atoms with E-state index in [1.807, 2.05) is 48.7 Å². The molecule has 4 heteroatoms. The first-order chi connectivity index (χ1) is 8.50. The molecule has 0 spiro atoms. The quantitative estimate of drug-likeness (QED) is 0.845. The fourth-order valence-electron chi connectivity index (χ4n) is 2.03. The van der Waals surface area contributed by atoms with Crippen LogP contribution in [0, 0.1) is 3.57 Å². The predicted molar refractivity (Wildman–Crippen MR) is 79.9 cm³/mol. The molecule has 1 N–H and O–H groups in total. The first kappa shape index (κ1) is 13.1. The molecule has 0 aliphatic rings. The Bertz CT molecular complexity index is 570. The molecule has 0 unspecified atom stereocenters. The minimum atomic E-state index is -0.888. The number of benzene rings is 1. The second-order valence-electron chi connectivity index (χ2n) is 4.38. The molecule has 1 heterocycles. The average Bonchev–Trinajstić information content (AvgIpc) is 2.74. The molecule has 0 bridgehead atoms. The summed E-state index contributed by atoms with van der Waals surface area (Å²) in [5.74, 6) is -0.888. The van der Waals surface area contributed by atoms with Crippen molar-refractivity contribution in [1.82, 2.24) is 4.57 Å². The minimum absolute atomic E-state index is 0.111. The van der Waals surface area contributed by atoms with Crippen LogP contribution >= 0.6 is 22.6 Å². The van der Waals surface area contributed by atoms with Gasteiger partial charge in [-0.05, 0) is 66.3 Å². The highest BCUT2D eigenvalue weighted by molar-refractivity contribution is 14.1. The normalized spacial score (nSPS) is 10.9. The van der Waals surface area contributed by atoms with E-state index < -0.39 is 5.97 Å². The highest BCUT2D eigenvalue weighted by Gasteiger charge is 2.16. The third-order valence-corrected chi connectivity index (χ3v) is 3.51. The van der Waals surface area contributed by atoms with Crippen LogP contribution < -0.4 is 0 Å². The molecule has 0 aliphatic carbocycles. The molecule has 1 aromatic heterocycles. The second kappa shape index (κ2) is 5.14. The van der Waals surface area contributed by atoms with Crippen LogP contribution in [0.2, 0.25) is 0 Å². The van der Waals surface area contributed by atoms with Gasteiger partial charge >= 0.3 is 5.97 Å². The van der Waals surface area contributed by atoms with Crippen LogP contribution in [0.3, 0.4) is 0 Å². The third-order valence-electron chi connectivity index (χ3n) is 2.79. The molecule has 0 atom stereocenters. The van der Waals surface area contributed by atoms with Crippen LogP contribution in [-0.2, 0) is 0 Å². The number of carbonyl (C=O) groups is 1. The summed E-state index contributed by atoms with van der Waals surface area (Å²) in [5.41, 5.74) is 2.31. The Morgan fingerprint density at radius 1 is 1.17 bits per heavy atom. The number of hydrogen-bond donors (Lipinski definition) is 1. The van der Waals surface area contributed by atoms with E-state index in [0.29, 0.717) is 5.69 Å². The van der Waals surface area contributed by atoms with Crippen LogP contribution in [0.4, 0.5) is 0 Å². The number of nitrogens with zero attached hydrogens (tertiary/aromatic N) is 1. The van der Waals surface area contributed by atoms with E-state index in [4.69, 9.17) is 0 Å². The minimum Gasteiger partial charge on any atom is -0.477 e. The van der Waals surface area contributed by atoms with Gasteiger partial charge in [-0.25, -0.2) is 4.79 Å². The molecule has 0 saturated heterocycles. The lowest BCUT2D eigenvalue weighted by atomic mass is 10.1. The number of carboxylic acids is 1. The van der Waals surface area contributed by atoms with Gasteiger partial charge in [-0.1, -0.05) is 12.1 Å². The van der Waals surface area contributed by atoms with Crippen molar-refractivity contribution in [2.45, 2.75) is 19.9 Å². The summed E-state index contributed by atoms with van der Waals surface area (Å²) in [6.45, 7) is 3.98. The van der Waals surface area contributed by atoms with E-state index >= 15 is 0 Å². The van der Waals surface area contributed by atoms with E-state index in [1.165, 1.54) is 0 Å². The lowest BCUT2D eigenvalue weighted by Gasteiger charge is -2.15. The number of aromatic carboxylic acids is 1. The molecule has 0 aliphatic heterocycles. The van der Waals surface area contributed by atoms with Crippen LogP contribution in [0.25, 0.3) is 11.3 Å². The zero-order chi connectivity index (χ0) is 13.3. The topological polar surface area (TPSA) is 42.2 Å². The Morgan fingerprint density at radius 3 is 2.28 bits per heavy atom. The summed E-state index contributed by atoms with van der Waals surface area (Å²) in [6, 6.07) is 11.7. The SMILES string of the molecule is CC(C)n1c(C(=O)O)ccc1-c1ccc(I)cc1. The fourth-order valence-corrected chi connectivity index (χ4v) is 2.39. The average molecular weight is 355 g/mol.